The Morgan fingerprint density at radius 2 is 1.23 bits per heavy atom. The summed E-state index contributed by atoms with van der Waals surface area (Å²) >= 11 is 0. The molecule has 1 rings (SSSR count). The summed E-state index contributed by atoms with van der Waals surface area (Å²) in [4.78, 5) is 22.3. The van der Waals surface area contributed by atoms with Crippen LogP contribution in [0.2, 0.25) is 0 Å². The zero-order valence-corrected chi connectivity index (χ0v) is 12.6. The summed E-state index contributed by atoms with van der Waals surface area (Å²) in [5.41, 5.74) is 0. The molecule has 22 heavy (non-hydrogen) atoms. The van der Waals surface area contributed by atoms with Crippen molar-refractivity contribution < 1.29 is 29.3 Å². The molecule has 6 nitrogen and oxygen atoms in total. The van der Waals surface area contributed by atoms with Gasteiger partial charge in [-0.3, -0.25) is 9.59 Å². The third kappa shape index (κ3) is 6.19. The van der Waals surface area contributed by atoms with E-state index in [0.717, 1.165) is 37.8 Å². The Morgan fingerprint density at radius 1 is 0.909 bits per heavy atom. The molecule has 1 saturated carbocycles. The standard InChI is InChI=1S/C16H24O6/c1-3-13(17)15(19)9-21-11-5-7-12(8-6-11)22-10-16(20)14(18)4-2/h3-4,11-12,15-16,19-20H,1-2,5-10H2. The summed E-state index contributed by atoms with van der Waals surface area (Å²) in [5, 5.41) is 19.0. The van der Waals surface area contributed by atoms with Crippen molar-refractivity contribution in [2.75, 3.05) is 13.2 Å². The van der Waals surface area contributed by atoms with Gasteiger partial charge in [-0.15, -0.1) is 0 Å². The van der Waals surface area contributed by atoms with Gasteiger partial charge in [0.25, 0.3) is 0 Å². The average Bonchev–Trinajstić information content (AvgIpc) is 2.56. The van der Waals surface area contributed by atoms with Crippen molar-refractivity contribution in [1.82, 2.24) is 0 Å². The Kier molecular flexibility index (Phi) is 8.19. The fraction of sp³-hybridized carbons (Fsp3) is 0.625. The number of aliphatic hydroxyl groups is 2. The summed E-state index contributed by atoms with van der Waals surface area (Å²) in [6.07, 6.45) is 2.76. The van der Waals surface area contributed by atoms with Crippen molar-refractivity contribution >= 4 is 11.6 Å². The highest BCUT2D eigenvalue weighted by Gasteiger charge is 2.24. The number of ketones is 2. The minimum Gasteiger partial charge on any atom is -0.383 e. The highest BCUT2D eigenvalue weighted by atomic mass is 16.5. The van der Waals surface area contributed by atoms with Gasteiger partial charge in [-0.05, 0) is 37.8 Å². The predicted molar refractivity (Wildman–Crippen MR) is 80.4 cm³/mol. The molecule has 2 N–H and O–H groups in total. The SMILES string of the molecule is C=CC(=O)C(O)COC1CCC(OCC(O)C(=O)C=C)CC1. The molecule has 124 valence electrons. The van der Waals surface area contributed by atoms with Crippen molar-refractivity contribution in [2.24, 2.45) is 0 Å². The highest BCUT2D eigenvalue weighted by Crippen LogP contribution is 2.23. The molecule has 0 aromatic heterocycles. The van der Waals surface area contributed by atoms with Gasteiger partial charge in [0.2, 0.25) is 0 Å². The Morgan fingerprint density at radius 3 is 1.50 bits per heavy atom. The number of aliphatic hydroxyl groups excluding tert-OH is 2. The van der Waals surface area contributed by atoms with Gasteiger partial charge in [0.05, 0.1) is 25.4 Å². The molecule has 0 aromatic rings. The minimum absolute atomic E-state index is 0.0214. The van der Waals surface area contributed by atoms with Crippen molar-refractivity contribution in [3.63, 3.8) is 0 Å². The molecule has 0 bridgehead atoms. The molecule has 1 aliphatic carbocycles. The molecule has 1 fully saturated rings. The smallest absolute Gasteiger partial charge is 0.185 e. The third-order valence-electron chi connectivity index (χ3n) is 3.66. The van der Waals surface area contributed by atoms with Crippen LogP contribution in [0.3, 0.4) is 0 Å². The van der Waals surface area contributed by atoms with Gasteiger partial charge in [-0.2, -0.15) is 0 Å². The largest absolute Gasteiger partial charge is 0.383 e. The average molecular weight is 312 g/mol. The summed E-state index contributed by atoms with van der Waals surface area (Å²) in [6, 6.07) is 0. The number of carbonyl (C=O) groups excluding carboxylic acids is 2. The number of ether oxygens (including phenoxy) is 2. The maximum Gasteiger partial charge on any atom is 0.185 e. The molecule has 2 unspecified atom stereocenters. The van der Waals surface area contributed by atoms with Crippen LogP contribution in [0.4, 0.5) is 0 Å². The van der Waals surface area contributed by atoms with Gasteiger partial charge >= 0.3 is 0 Å². The van der Waals surface area contributed by atoms with E-state index in [9.17, 15) is 19.8 Å². The molecule has 6 heteroatoms. The van der Waals surface area contributed by atoms with Crippen LogP contribution in [-0.4, -0.2) is 59.4 Å². The number of hydrogen-bond donors (Lipinski definition) is 2. The van der Waals surface area contributed by atoms with E-state index < -0.39 is 23.8 Å². The van der Waals surface area contributed by atoms with Gasteiger partial charge in [0.15, 0.2) is 11.6 Å². The minimum atomic E-state index is -1.16. The third-order valence-corrected chi connectivity index (χ3v) is 3.66. The Balaban J connectivity index is 2.20. The topological polar surface area (TPSA) is 93.1 Å². The lowest BCUT2D eigenvalue weighted by molar-refractivity contribution is -0.130. The summed E-state index contributed by atoms with van der Waals surface area (Å²) in [6.45, 7) is 6.55. The van der Waals surface area contributed by atoms with Crippen LogP contribution in [0.15, 0.2) is 25.3 Å². The summed E-state index contributed by atoms with van der Waals surface area (Å²) in [5.74, 6) is -0.893. The van der Waals surface area contributed by atoms with E-state index >= 15 is 0 Å². The number of hydrogen-bond acceptors (Lipinski definition) is 6. The van der Waals surface area contributed by atoms with Gasteiger partial charge in [-0.1, -0.05) is 13.2 Å². The monoisotopic (exact) mass is 312 g/mol. The molecular formula is C16H24O6. The van der Waals surface area contributed by atoms with Gasteiger partial charge < -0.3 is 19.7 Å². The van der Waals surface area contributed by atoms with Crippen molar-refractivity contribution in [2.45, 2.75) is 50.1 Å². The van der Waals surface area contributed by atoms with Crippen molar-refractivity contribution in [3.05, 3.63) is 25.3 Å². The maximum atomic E-state index is 11.1. The summed E-state index contributed by atoms with van der Waals surface area (Å²) < 4.78 is 11.0. The first-order valence-corrected chi connectivity index (χ1v) is 7.39. The molecule has 0 spiro atoms. The second kappa shape index (κ2) is 9.63. The van der Waals surface area contributed by atoms with Gasteiger partial charge in [-0.25, -0.2) is 0 Å². The van der Waals surface area contributed by atoms with Crippen LogP contribution in [-0.2, 0) is 19.1 Å². The van der Waals surface area contributed by atoms with Crippen LogP contribution >= 0.6 is 0 Å². The second-order valence-corrected chi connectivity index (χ2v) is 5.31. The van der Waals surface area contributed by atoms with Crippen LogP contribution in [0.25, 0.3) is 0 Å². The molecular weight excluding hydrogens is 288 g/mol. The second-order valence-electron chi connectivity index (χ2n) is 5.31. The first kappa shape index (κ1) is 18.7. The highest BCUT2D eigenvalue weighted by molar-refractivity contribution is 5.93. The lowest BCUT2D eigenvalue weighted by Gasteiger charge is -2.29. The van der Waals surface area contributed by atoms with E-state index in [1.165, 1.54) is 0 Å². The van der Waals surface area contributed by atoms with Gasteiger partial charge in [0.1, 0.15) is 12.2 Å². The predicted octanol–water partition coefficient (Wildman–Crippen LogP) is 0.563. The Bertz CT molecular complexity index is 359. The van der Waals surface area contributed by atoms with E-state index in [4.69, 9.17) is 9.47 Å². The van der Waals surface area contributed by atoms with Crippen molar-refractivity contribution in [3.8, 4) is 0 Å². The zero-order chi connectivity index (χ0) is 16.5. The van der Waals surface area contributed by atoms with Crippen LogP contribution < -0.4 is 0 Å². The van der Waals surface area contributed by atoms with Gasteiger partial charge in [0, 0.05) is 0 Å². The normalized spacial score (nSPS) is 24.3. The molecule has 1 aliphatic rings. The lowest BCUT2D eigenvalue weighted by Crippen LogP contribution is -2.33. The van der Waals surface area contributed by atoms with Crippen LogP contribution in [0.5, 0.6) is 0 Å². The summed E-state index contributed by atoms with van der Waals surface area (Å²) in [7, 11) is 0. The van der Waals surface area contributed by atoms with Crippen molar-refractivity contribution in [1.29, 1.82) is 0 Å². The quantitative estimate of drug-likeness (QED) is 0.573. The van der Waals surface area contributed by atoms with E-state index in [1.807, 2.05) is 0 Å². The number of rotatable bonds is 10. The fourth-order valence-electron chi connectivity index (χ4n) is 2.26. The first-order chi connectivity index (χ1) is 10.5. The molecule has 0 aromatic carbocycles. The Labute approximate surface area is 130 Å². The molecule has 0 saturated heterocycles. The number of carbonyl (C=O) groups is 2. The molecule has 0 radical (unpaired) electrons. The Hall–Kier alpha value is -1.34. The van der Waals surface area contributed by atoms with E-state index in [1.54, 1.807) is 0 Å². The van der Waals surface area contributed by atoms with E-state index in [2.05, 4.69) is 13.2 Å². The first-order valence-electron chi connectivity index (χ1n) is 7.39. The zero-order valence-electron chi connectivity index (χ0n) is 12.6. The lowest BCUT2D eigenvalue weighted by atomic mass is 9.95. The van der Waals surface area contributed by atoms with E-state index in [0.29, 0.717) is 0 Å². The maximum absolute atomic E-state index is 11.1. The van der Waals surface area contributed by atoms with Crippen LogP contribution in [0, 0.1) is 0 Å². The fourth-order valence-corrected chi connectivity index (χ4v) is 2.26. The van der Waals surface area contributed by atoms with Crippen LogP contribution in [0.1, 0.15) is 25.7 Å². The van der Waals surface area contributed by atoms with E-state index in [-0.39, 0.29) is 25.4 Å². The molecule has 0 heterocycles. The molecule has 0 amide bonds. The molecule has 2 atom stereocenters. The molecule has 0 aliphatic heterocycles.